The number of benzene rings is 3. The molecule has 0 bridgehead atoms. The number of para-hydroxylation sites is 1. The molecule has 3 aromatic carbocycles. The summed E-state index contributed by atoms with van der Waals surface area (Å²) in [6.07, 6.45) is 0.201. The average molecular weight is 274 g/mol. The van der Waals surface area contributed by atoms with Crippen molar-refractivity contribution in [3.8, 4) is 5.75 Å². The van der Waals surface area contributed by atoms with Gasteiger partial charge in [0.05, 0.1) is 12.0 Å². The number of carbonyl (C=O) groups is 1. The van der Waals surface area contributed by atoms with E-state index in [1.54, 1.807) is 0 Å². The molecule has 0 radical (unpaired) electrons. The molecule has 102 valence electrons. The molecule has 21 heavy (non-hydrogen) atoms. The number of hydrogen-bond donors (Lipinski definition) is 0. The van der Waals surface area contributed by atoms with E-state index in [9.17, 15) is 4.79 Å². The number of ether oxygens (including phenoxy) is 1. The number of Topliss-reactive ketones (excluding diaryl/α,β-unsaturated/α-hetero) is 1. The Morgan fingerprint density at radius 3 is 2.52 bits per heavy atom. The molecule has 0 unspecified atom stereocenters. The van der Waals surface area contributed by atoms with Crippen LogP contribution in [-0.4, -0.2) is 5.78 Å². The van der Waals surface area contributed by atoms with E-state index in [-0.39, 0.29) is 11.9 Å². The largest absolute Gasteiger partial charge is 0.484 e. The van der Waals surface area contributed by atoms with Gasteiger partial charge in [0.25, 0.3) is 0 Å². The van der Waals surface area contributed by atoms with Crippen LogP contribution in [0.15, 0.2) is 66.7 Å². The molecule has 1 aliphatic rings. The molecule has 0 saturated heterocycles. The summed E-state index contributed by atoms with van der Waals surface area (Å²) < 4.78 is 6.02. The topological polar surface area (TPSA) is 26.3 Å². The van der Waals surface area contributed by atoms with E-state index >= 15 is 0 Å². The number of hydrogen-bond acceptors (Lipinski definition) is 2. The van der Waals surface area contributed by atoms with Crippen molar-refractivity contribution in [3.63, 3.8) is 0 Å². The van der Waals surface area contributed by atoms with Gasteiger partial charge in [0.15, 0.2) is 5.78 Å². The van der Waals surface area contributed by atoms with Gasteiger partial charge in [-0.3, -0.25) is 4.79 Å². The number of ketones is 1. The van der Waals surface area contributed by atoms with Crippen LogP contribution in [0.25, 0.3) is 10.8 Å². The van der Waals surface area contributed by atoms with Gasteiger partial charge in [-0.05, 0) is 34.5 Å². The standard InChI is InChI=1S/C19H14O2/c20-17-12-19(21-18-8-4-3-7-16(17)18)15-10-9-13-5-1-2-6-14(13)11-15/h1-11,19H,12H2/t19-/m1/s1. The normalized spacial score (nSPS) is 17.3. The van der Waals surface area contributed by atoms with Crippen LogP contribution < -0.4 is 4.74 Å². The lowest BCUT2D eigenvalue weighted by molar-refractivity contribution is 0.0850. The molecule has 0 saturated carbocycles. The van der Waals surface area contributed by atoms with Crippen LogP contribution in [0.5, 0.6) is 5.75 Å². The van der Waals surface area contributed by atoms with Crippen molar-refractivity contribution in [1.29, 1.82) is 0 Å². The van der Waals surface area contributed by atoms with E-state index in [4.69, 9.17) is 4.74 Å². The van der Waals surface area contributed by atoms with E-state index in [0.717, 1.165) is 5.56 Å². The van der Waals surface area contributed by atoms with Crippen molar-refractivity contribution in [2.45, 2.75) is 12.5 Å². The average Bonchev–Trinajstić information content (AvgIpc) is 2.54. The van der Waals surface area contributed by atoms with Gasteiger partial charge in [-0.2, -0.15) is 0 Å². The summed E-state index contributed by atoms with van der Waals surface area (Å²) in [6, 6.07) is 21.9. The fourth-order valence-corrected chi connectivity index (χ4v) is 2.87. The van der Waals surface area contributed by atoms with E-state index in [2.05, 4.69) is 24.3 Å². The summed E-state index contributed by atoms with van der Waals surface area (Å²) in [7, 11) is 0. The summed E-state index contributed by atoms with van der Waals surface area (Å²) in [5.41, 5.74) is 1.74. The highest BCUT2D eigenvalue weighted by Crippen LogP contribution is 2.35. The Kier molecular flexibility index (Phi) is 2.74. The van der Waals surface area contributed by atoms with E-state index in [1.165, 1.54) is 10.8 Å². The van der Waals surface area contributed by atoms with Gasteiger partial charge < -0.3 is 4.74 Å². The number of carbonyl (C=O) groups excluding carboxylic acids is 1. The first-order chi connectivity index (χ1) is 10.3. The van der Waals surface area contributed by atoms with Crippen LogP contribution in [0, 0.1) is 0 Å². The predicted octanol–water partition coefficient (Wildman–Crippen LogP) is 4.55. The zero-order valence-corrected chi connectivity index (χ0v) is 11.5. The van der Waals surface area contributed by atoms with Crippen molar-refractivity contribution in [1.82, 2.24) is 0 Å². The molecule has 1 atom stereocenters. The molecule has 0 aromatic heterocycles. The SMILES string of the molecule is O=C1C[C@H](c2ccc3ccccc3c2)Oc2ccccc21. The third-order valence-electron chi connectivity index (χ3n) is 3.97. The molecule has 0 aliphatic carbocycles. The molecule has 1 heterocycles. The zero-order chi connectivity index (χ0) is 14.2. The summed E-state index contributed by atoms with van der Waals surface area (Å²) in [6.45, 7) is 0. The molecule has 0 N–H and O–H groups in total. The van der Waals surface area contributed by atoms with Gasteiger partial charge in [0, 0.05) is 0 Å². The second-order valence-electron chi connectivity index (χ2n) is 5.34. The molecule has 0 amide bonds. The highest BCUT2D eigenvalue weighted by Gasteiger charge is 2.27. The molecular formula is C19H14O2. The number of fused-ring (bicyclic) bond motifs is 2. The Morgan fingerprint density at radius 1 is 0.857 bits per heavy atom. The quantitative estimate of drug-likeness (QED) is 0.651. The monoisotopic (exact) mass is 274 g/mol. The molecule has 1 aliphatic heterocycles. The molecule has 0 spiro atoms. The first kappa shape index (κ1) is 12.2. The predicted molar refractivity (Wildman–Crippen MR) is 82.7 cm³/mol. The van der Waals surface area contributed by atoms with Crippen LogP contribution in [0.3, 0.4) is 0 Å². The fourth-order valence-electron chi connectivity index (χ4n) is 2.87. The molecule has 0 fully saturated rings. The lowest BCUT2D eigenvalue weighted by Crippen LogP contribution is -2.20. The second kappa shape index (κ2) is 4.74. The minimum atomic E-state index is -0.197. The van der Waals surface area contributed by atoms with Crippen LogP contribution in [0.1, 0.15) is 28.4 Å². The van der Waals surface area contributed by atoms with Crippen molar-refractivity contribution in [3.05, 3.63) is 77.9 Å². The lowest BCUT2D eigenvalue weighted by atomic mass is 9.95. The van der Waals surface area contributed by atoms with Crippen LogP contribution in [-0.2, 0) is 0 Å². The van der Waals surface area contributed by atoms with Gasteiger partial charge in [-0.15, -0.1) is 0 Å². The van der Waals surface area contributed by atoms with Crippen molar-refractivity contribution >= 4 is 16.6 Å². The van der Waals surface area contributed by atoms with Crippen LogP contribution in [0.2, 0.25) is 0 Å². The summed E-state index contributed by atoms with van der Waals surface area (Å²) in [5, 5.41) is 2.37. The van der Waals surface area contributed by atoms with Gasteiger partial charge >= 0.3 is 0 Å². The Bertz CT molecular complexity index is 836. The Labute approximate surface area is 123 Å². The maximum atomic E-state index is 12.3. The van der Waals surface area contributed by atoms with Crippen LogP contribution >= 0.6 is 0 Å². The van der Waals surface area contributed by atoms with Crippen molar-refractivity contribution < 1.29 is 9.53 Å². The summed E-state index contributed by atoms with van der Waals surface area (Å²) >= 11 is 0. The smallest absolute Gasteiger partial charge is 0.170 e. The summed E-state index contributed by atoms with van der Waals surface area (Å²) in [4.78, 5) is 12.3. The minimum Gasteiger partial charge on any atom is -0.484 e. The molecule has 4 rings (SSSR count). The van der Waals surface area contributed by atoms with E-state index in [0.29, 0.717) is 17.7 Å². The van der Waals surface area contributed by atoms with Gasteiger partial charge in [-0.1, -0.05) is 48.5 Å². The molecular weight excluding hydrogens is 260 g/mol. The molecule has 3 aromatic rings. The van der Waals surface area contributed by atoms with E-state index in [1.807, 2.05) is 42.5 Å². The van der Waals surface area contributed by atoms with Gasteiger partial charge in [0.2, 0.25) is 0 Å². The minimum absolute atomic E-state index is 0.148. The maximum Gasteiger partial charge on any atom is 0.170 e. The Morgan fingerprint density at radius 2 is 1.62 bits per heavy atom. The zero-order valence-electron chi connectivity index (χ0n) is 11.5. The number of rotatable bonds is 1. The van der Waals surface area contributed by atoms with E-state index < -0.39 is 0 Å². The van der Waals surface area contributed by atoms with Crippen molar-refractivity contribution in [2.75, 3.05) is 0 Å². The Hall–Kier alpha value is -2.61. The lowest BCUT2D eigenvalue weighted by Gasteiger charge is -2.25. The third kappa shape index (κ3) is 2.09. The van der Waals surface area contributed by atoms with Gasteiger partial charge in [0.1, 0.15) is 11.9 Å². The second-order valence-corrected chi connectivity index (χ2v) is 5.34. The van der Waals surface area contributed by atoms with Crippen molar-refractivity contribution in [2.24, 2.45) is 0 Å². The Balaban J connectivity index is 1.75. The maximum absolute atomic E-state index is 12.3. The van der Waals surface area contributed by atoms with Crippen LogP contribution in [0.4, 0.5) is 0 Å². The van der Waals surface area contributed by atoms with Gasteiger partial charge in [-0.25, -0.2) is 0 Å². The third-order valence-corrected chi connectivity index (χ3v) is 3.97. The first-order valence-electron chi connectivity index (χ1n) is 7.09. The molecule has 2 heteroatoms. The summed E-state index contributed by atoms with van der Waals surface area (Å²) in [5.74, 6) is 0.835. The highest BCUT2D eigenvalue weighted by molar-refractivity contribution is 6.00. The first-order valence-corrected chi connectivity index (χ1v) is 7.09. The fraction of sp³-hybridized carbons (Fsp3) is 0.105. The highest BCUT2D eigenvalue weighted by atomic mass is 16.5. The molecule has 2 nitrogen and oxygen atoms in total.